The van der Waals surface area contributed by atoms with E-state index in [1.54, 1.807) is 6.07 Å². The lowest BCUT2D eigenvalue weighted by Gasteiger charge is -2.02. The zero-order chi connectivity index (χ0) is 15.7. The van der Waals surface area contributed by atoms with Crippen molar-refractivity contribution in [3.05, 3.63) is 46.0 Å². The number of nitrogens with one attached hydrogen (secondary N) is 1. The number of urea groups is 1. The molecule has 0 aliphatic heterocycles. The van der Waals surface area contributed by atoms with Gasteiger partial charge in [-0.3, -0.25) is 10.1 Å². The van der Waals surface area contributed by atoms with Crippen LogP contribution in [0.1, 0.15) is 12.0 Å². The van der Waals surface area contributed by atoms with Crippen molar-refractivity contribution in [3.63, 3.8) is 0 Å². The quantitative estimate of drug-likeness (QED) is 0.257. The molecular formula is C13H15N3O5. The van der Waals surface area contributed by atoms with Gasteiger partial charge in [-0.2, -0.15) is 0 Å². The van der Waals surface area contributed by atoms with E-state index in [1.165, 1.54) is 30.4 Å². The van der Waals surface area contributed by atoms with Gasteiger partial charge < -0.3 is 15.8 Å². The van der Waals surface area contributed by atoms with Gasteiger partial charge in [0, 0.05) is 24.8 Å². The van der Waals surface area contributed by atoms with Crippen LogP contribution in [0.25, 0.3) is 6.08 Å². The molecule has 0 fully saturated rings. The topological polar surface area (TPSA) is 125 Å². The number of nitrogens with zero attached hydrogens (tertiary/aromatic N) is 1. The summed E-state index contributed by atoms with van der Waals surface area (Å²) in [7, 11) is 0. The fraction of sp³-hybridized carbons (Fsp3) is 0.231. The summed E-state index contributed by atoms with van der Waals surface area (Å²) < 4.78 is 4.87. The normalized spacial score (nSPS) is 10.3. The molecule has 8 nitrogen and oxygen atoms in total. The molecule has 0 spiro atoms. The summed E-state index contributed by atoms with van der Waals surface area (Å²) in [6, 6.07) is 5.24. The maximum absolute atomic E-state index is 11.4. The number of amides is 2. The van der Waals surface area contributed by atoms with Gasteiger partial charge in [0.2, 0.25) is 0 Å². The lowest BCUT2D eigenvalue weighted by atomic mass is 10.2. The number of rotatable bonds is 7. The van der Waals surface area contributed by atoms with Crippen LogP contribution in [-0.4, -0.2) is 30.1 Å². The molecule has 0 atom stereocenters. The van der Waals surface area contributed by atoms with Gasteiger partial charge in [-0.1, -0.05) is 12.1 Å². The summed E-state index contributed by atoms with van der Waals surface area (Å²) in [5.74, 6) is -0.569. The van der Waals surface area contributed by atoms with Crippen molar-refractivity contribution in [2.75, 3.05) is 13.2 Å². The van der Waals surface area contributed by atoms with Crippen LogP contribution < -0.4 is 11.1 Å². The minimum absolute atomic E-state index is 0.0527. The van der Waals surface area contributed by atoms with Gasteiger partial charge >= 0.3 is 12.0 Å². The summed E-state index contributed by atoms with van der Waals surface area (Å²) in [6.07, 6.45) is 3.05. The fourth-order valence-electron chi connectivity index (χ4n) is 1.41. The third-order valence-electron chi connectivity index (χ3n) is 2.36. The van der Waals surface area contributed by atoms with E-state index >= 15 is 0 Å². The number of non-ortho nitro benzene ring substituents is 1. The number of nitro benzene ring substituents is 1. The number of esters is 1. The highest BCUT2D eigenvalue weighted by molar-refractivity contribution is 5.87. The second kappa shape index (κ2) is 8.31. The highest BCUT2D eigenvalue weighted by Crippen LogP contribution is 2.14. The zero-order valence-corrected chi connectivity index (χ0v) is 11.2. The highest BCUT2D eigenvalue weighted by Gasteiger charge is 2.04. The predicted octanol–water partition coefficient (Wildman–Crippen LogP) is 1.21. The number of benzene rings is 1. The third-order valence-corrected chi connectivity index (χ3v) is 2.36. The van der Waals surface area contributed by atoms with E-state index in [1.807, 2.05) is 0 Å². The summed E-state index contributed by atoms with van der Waals surface area (Å²) >= 11 is 0. The molecule has 0 saturated carbocycles. The smallest absolute Gasteiger partial charge is 0.330 e. The Morgan fingerprint density at radius 1 is 1.43 bits per heavy atom. The second-order valence-electron chi connectivity index (χ2n) is 4.00. The number of nitro groups is 1. The van der Waals surface area contributed by atoms with E-state index in [0.29, 0.717) is 18.5 Å². The van der Waals surface area contributed by atoms with Crippen molar-refractivity contribution in [1.82, 2.24) is 5.32 Å². The highest BCUT2D eigenvalue weighted by atomic mass is 16.6. The van der Waals surface area contributed by atoms with Gasteiger partial charge in [0.25, 0.3) is 5.69 Å². The van der Waals surface area contributed by atoms with E-state index in [-0.39, 0.29) is 12.3 Å². The molecule has 1 aromatic rings. The molecule has 0 aliphatic rings. The summed E-state index contributed by atoms with van der Waals surface area (Å²) in [5.41, 5.74) is 5.33. The molecule has 0 unspecified atom stereocenters. The Morgan fingerprint density at radius 3 is 2.86 bits per heavy atom. The van der Waals surface area contributed by atoms with Gasteiger partial charge in [0.15, 0.2) is 0 Å². The van der Waals surface area contributed by atoms with Crippen LogP contribution in [0.15, 0.2) is 30.3 Å². The summed E-state index contributed by atoms with van der Waals surface area (Å²) in [6.45, 7) is 0.454. The van der Waals surface area contributed by atoms with Crippen molar-refractivity contribution in [2.24, 2.45) is 5.73 Å². The number of carbonyl (C=O) groups is 2. The standard InChI is InChI=1S/C13H15N3O5/c14-13(18)15-7-2-8-21-12(17)6-5-10-3-1-4-11(9-10)16(19)20/h1,3-6,9H,2,7-8H2,(H3,14,15,18). The first-order valence-electron chi connectivity index (χ1n) is 6.11. The fourth-order valence-corrected chi connectivity index (χ4v) is 1.41. The Bertz CT molecular complexity index is 556. The molecule has 112 valence electrons. The first kappa shape index (κ1) is 16.2. The minimum atomic E-state index is -0.633. The Labute approximate surface area is 120 Å². The number of ether oxygens (including phenoxy) is 1. The molecule has 3 N–H and O–H groups in total. The number of nitrogens with two attached hydrogens (primary N) is 1. The monoisotopic (exact) mass is 293 g/mol. The average molecular weight is 293 g/mol. The van der Waals surface area contributed by atoms with Gasteiger partial charge in [-0.15, -0.1) is 0 Å². The molecule has 0 bridgehead atoms. The average Bonchev–Trinajstić information content (AvgIpc) is 2.44. The van der Waals surface area contributed by atoms with Crippen LogP contribution >= 0.6 is 0 Å². The molecule has 21 heavy (non-hydrogen) atoms. The van der Waals surface area contributed by atoms with Crippen molar-refractivity contribution in [2.45, 2.75) is 6.42 Å². The van der Waals surface area contributed by atoms with Crippen LogP contribution in [0.2, 0.25) is 0 Å². The molecule has 8 heteroatoms. The summed E-state index contributed by atoms with van der Waals surface area (Å²) in [4.78, 5) is 31.8. The Balaban J connectivity index is 2.38. The van der Waals surface area contributed by atoms with Crippen molar-refractivity contribution >= 4 is 23.8 Å². The van der Waals surface area contributed by atoms with Gasteiger partial charge in [0.05, 0.1) is 11.5 Å². The predicted molar refractivity (Wildman–Crippen MR) is 75.3 cm³/mol. The Hall–Kier alpha value is -2.90. The second-order valence-corrected chi connectivity index (χ2v) is 4.00. The maximum Gasteiger partial charge on any atom is 0.330 e. The maximum atomic E-state index is 11.4. The van der Waals surface area contributed by atoms with Crippen LogP contribution in [0.5, 0.6) is 0 Å². The number of carbonyl (C=O) groups excluding carboxylic acids is 2. The number of hydrogen-bond acceptors (Lipinski definition) is 5. The van der Waals surface area contributed by atoms with E-state index in [4.69, 9.17) is 10.5 Å². The molecule has 1 rings (SSSR count). The molecule has 0 heterocycles. The molecular weight excluding hydrogens is 278 g/mol. The van der Waals surface area contributed by atoms with Crippen LogP contribution in [-0.2, 0) is 9.53 Å². The zero-order valence-electron chi connectivity index (χ0n) is 11.2. The van der Waals surface area contributed by atoms with E-state index in [9.17, 15) is 19.7 Å². The minimum Gasteiger partial charge on any atom is -0.462 e. The molecule has 1 aromatic carbocycles. The lowest BCUT2D eigenvalue weighted by molar-refractivity contribution is -0.384. The van der Waals surface area contributed by atoms with Crippen molar-refractivity contribution < 1.29 is 19.2 Å². The first-order valence-corrected chi connectivity index (χ1v) is 6.11. The van der Waals surface area contributed by atoms with Crippen molar-refractivity contribution in [1.29, 1.82) is 0 Å². The molecule has 0 aromatic heterocycles. The van der Waals surface area contributed by atoms with E-state index in [0.717, 1.165) is 0 Å². The molecule has 2 amide bonds. The largest absolute Gasteiger partial charge is 0.462 e. The van der Waals surface area contributed by atoms with E-state index in [2.05, 4.69) is 5.32 Å². The van der Waals surface area contributed by atoms with Crippen LogP contribution in [0.4, 0.5) is 10.5 Å². The first-order chi connectivity index (χ1) is 9.99. The Kier molecular flexibility index (Phi) is 6.39. The van der Waals surface area contributed by atoms with Gasteiger partial charge in [-0.05, 0) is 18.1 Å². The molecule has 0 radical (unpaired) electrons. The third kappa shape index (κ3) is 6.71. The molecule has 0 aliphatic carbocycles. The van der Waals surface area contributed by atoms with Crippen LogP contribution in [0, 0.1) is 10.1 Å². The number of primary amides is 1. The van der Waals surface area contributed by atoms with E-state index < -0.39 is 16.9 Å². The SMILES string of the molecule is NC(=O)NCCCOC(=O)C=Cc1cccc([N+](=O)[O-])c1. The van der Waals surface area contributed by atoms with Crippen LogP contribution in [0.3, 0.4) is 0 Å². The number of hydrogen-bond donors (Lipinski definition) is 2. The summed E-state index contributed by atoms with van der Waals surface area (Å²) in [5, 5.41) is 13.0. The van der Waals surface area contributed by atoms with Crippen molar-refractivity contribution in [3.8, 4) is 0 Å². The molecule has 0 saturated heterocycles. The van der Waals surface area contributed by atoms with Gasteiger partial charge in [0.1, 0.15) is 0 Å². The van der Waals surface area contributed by atoms with Gasteiger partial charge in [-0.25, -0.2) is 9.59 Å². The lowest BCUT2D eigenvalue weighted by Crippen LogP contribution is -2.30. The Morgan fingerprint density at radius 2 is 2.19 bits per heavy atom.